The molecule has 0 aliphatic carbocycles. The summed E-state index contributed by atoms with van der Waals surface area (Å²) in [6, 6.07) is 8.32. The van der Waals surface area contributed by atoms with Crippen molar-refractivity contribution in [2.75, 3.05) is 7.05 Å². The molecule has 0 bridgehead atoms. The van der Waals surface area contributed by atoms with Gasteiger partial charge in [-0.2, -0.15) is 0 Å². The fraction of sp³-hybridized carbons (Fsp3) is 0.438. The zero-order chi connectivity index (χ0) is 14.6. The smallest absolute Gasteiger partial charge is 0.140 e. The molecule has 108 valence electrons. The van der Waals surface area contributed by atoms with Gasteiger partial charge in [0.25, 0.3) is 0 Å². The van der Waals surface area contributed by atoms with Crippen LogP contribution in [0.25, 0.3) is 0 Å². The molecule has 0 aliphatic rings. The van der Waals surface area contributed by atoms with E-state index in [2.05, 4.69) is 43.2 Å². The van der Waals surface area contributed by atoms with Crippen molar-refractivity contribution in [3.05, 3.63) is 45.9 Å². The Kier molecular flexibility index (Phi) is 4.78. The van der Waals surface area contributed by atoms with Gasteiger partial charge in [-0.25, -0.2) is 4.98 Å². The Bertz CT molecular complexity index is 540. The zero-order valence-corrected chi connectivity index (χ0v) is 13.4. The number of benzene rings is 1. The Morgan fingerprint density at radius 3 is 2.50 bits per heavy atom. The number of aromatic nitrogens is 1. The lowest BCUT2D eigenvalue weighted by molar-refractivity contribution is 0.305. The number of nitrogens with zero attached hydrogens (tertiary/aromatic N) is 1. The summed E-state index contributed by atoms with van der Waals surface area (Å²) in [5.41, 5.74) is 1.49. The summed E-state index contributed by atoms with van der Waals surface area (Å²) < 4.78 is 5.78. The number of rotatable bonds is 5. The van der Waals surface area contributed by atoms with Crippen LogP contribution < -0.4 is 10.1 Å². The summed E-state index contributed by atoms with van der Waals surface area (Å²) >= 11 is 1.69. The van der Waals surface area contributed by atoms with Crippen LogP contribution in [0.2, 0.25) is 0 Å². The topological polar surface area (TPSA) is 34.2 Å². The van der Waals surface area contributed by atoms with E-state index in [0.29, 0.717) is 6.61 Å². The summed E-state index contributed by atoms with van der Waals surface area (Å²) in [6.45, 7) is 8.02. The highest BCUT2D eigenvalue weighted by Gasteiger charge is 2.13. The van der Waals surface area contributed by atoms with Crippen LogP contribution in [-0.4, -0.2) is 12.0 Å². The summed E-state index contributed by atoms with van der Waals surface area (Å²) in [7, 11) is 1.94. The van der Waals surface area contributed by atoms with Crippen LogP contribution in [-0.2, 0) is 18.6 Å². The van der Waals surface area contributed by atoms with E-state index in [1.807, 2.05) is 25.4 Å². The minimum Gasteiger partial charge on any atom is -0.486 e. The monoisotopic (exact) mass is 290 g/mol. The van der Waals surface area contributed by atoms with Crippen molar-refractivity contribution in [2.45, 2.75) is 39.3 Å². The third kappa shape index (κ3) is 4.05. The second-order valence-corrected chi connectivity index (χ2v) is 7.01. The molecule has 2 aromatic rings. The highest BCUT2D eigenvalue weighted by Crippen LogP contribution is 2.24. The first-order valence-corrected chi connectivity index (χ1v) is 7.62. The van der Waals surface area contributed by atoms with Crippen molar-refractivity contribution in [3.8, 4) is 5.75 Å². The normalized spacial score (nSPS) is 11.6. The van der Waals surface area contributed by atoms with Crippen LogP contribution in [0.5, 0.6) is 5.75 Å². The molecule has 0 fully saturated rings. The molecule has 2 rings (SSSR count). The molecule has 0 saturated heterocycles. The van der Waals surface area contributed by atoms with Gasteiger partial charge in [-0.1, -0.05) is 32.9 Å². The van der Waals surface area contributed by atoms with Crippen molar-refractivity contribution >= 4 is 11.3 Å². The van der Waals surface area contributed by atoms with Crippen LogP contribution in [0.1, 0.15) is 36.2 Å². The lowest BCUT2D eigenvalue weighted by Crippen LogP contribution is -2.10. The SMILES string of the molecule is CNCc1cnc(COc2ccc(C(C)(C)C)cc2)s1. The lowest BCUT2D eigenvalue weighted by Gasteiger charge is -2.19. The quantitative estimate of drug-likeness (QED) is 0.911. The van der Waals surface area contributed by atoms with Crippen LogP contribution in [0, 0.1) is 0 Å². The molecule has 0 amide bonds. The van der Waals surface area contributed by atoms with Crippen molar-refractivity contribution < 1.29 is 4.74 Å². The predicted molar refractivity (Wildman–Crippen MR) is 84.4 cm³/mol. The molecule has 1 N–H and O–H groups in total. The minimum atomic E-state index is 0.176. The van der Waals surface area contributed by atoms with Crippen molar-refractivity contribution in [1.82, 2.24) is 10.3 Å². The summed E-state index contributed by atoms with van der Waals surface area (Å²) in [5, 5.41) is 4.13. The van der Waals surface area contributed by atoms with Gasteiger partial charge >= 0.3 is 0 Å². The van der Waals surface area contributed by atoms with Gasteiger partial charge < -0.3 is 10.1 Å². The van der Waals surface area contributed by atoms with Crippen LogP contribution >= 0.6 is 11.3 Å². The lowest BCUT2D eigenvalue weighted by atomic mass is 9.87. The molecule has 3 nitrogen and oxygen atoms in total. The molecule has 20 heavy (non-hydrogen) atoms. The van der Waals surface area contributed by atoms with E-state index in [4.69, 9.17) is 4.74 Å². The van der Waals surface area contributed by atoms with Crippen molar-refractivity contribution in [3.63, 3.8) is 0 Å². The largest absolute Gasteiger partial charge is 0.486 e. The first kappa shape index (κ1) is 15.0. The van der Waals surface area contributed by atoms with E-state index >= 15 is 0 Å². The Labute approximate surface area is 125 Å². The van der Waals surface area contributed by atoms with E-state index < -0.39 is 0 Å². The second kappa shape index (κ2) is 6.37. The Morgan fingerprint density at radius 2 is 1.90 bits per heavy atom. The summed E-state index contributed by atoms with van der Waals surface area (Å²) in [6.07, 6.45) is 1.91. The molecule has 1 heterocycles. The molecule has 0 aliphatic heterocycles. The van der Waals surface area contributed by atoms with Crippen molar-refractivity contribution in [2.24, 2.45) is 0 Å². The first-order valence-electron chi connectivity index (χ1n) is 6.80. The Morgan fingerprint density at radius 1 is 1.20 bits per heavy atom. The molecular weight excluding hydrogens is 268 g/mol. The molecular formula is C16H22N2OS. The average molecular weight is 290 g/mol. The Hall–Kier alpha value is -1.39. The summed E-state index contributed by atoms with van der Waals surface area (Å²) in [4.78, 5) is 5.59. The molecule has 4 heteroatoms. The minimum absolute atomic E-state index is 0.176. The molecule has 1 aromatic heterocycles. The van der Waals surface area contributed by atoms with Crippen LogP contribution in [0.15, 0.2) is 30.5 Å². The third-order valence-corrected chi connectivity index (χ3v) is 4.01. The highest BCUT2D eigenvalue weighted by molar-refractivity contribution is 7.11. The molecule has 0 radical (unpaired) electrons. The molecule has 0 saturated carbocycles. The fourth-order valence-corrected chi connectivity index (χ4v) is 2.71. The van der Waals surface area contributed by atoms with Gasteiger partial charge in [0.1, 0.15) is 17.4 Å². The van der Waals surface area contributed by atoms with Gasteiger partial charge in [0.2, 0.25) is 0 Å². The first-order chi connectivity index (χ1) is 9.49. The van der Waals surface area contributed by atoms with E-state index in [1.54, 1.807) is 11.3 Å². The average Bonchev–Trinajstić information content (AvgIpc) is 2.84. The summed E-state index contributed by atoms with van der Waals surface area (Å²) in [5.74, 6) is 0.892. The second-order valence-electron chi connectivity index (χ2n) is 5.81. The maximum Gasteiger partial charge on any atom is 0.140 e. The Balaban J connectivity index is 1.93. The standard InChI is InChI=1S/C16H22N2OS/c1-16(2,3)12-5-7-13(8-6-12)19-11-15-18-10-14(20-15)9-17-4/h5-8,10,17H,9,11H2,1-4H3. The number of hydrogen-bond acceptors (Lipinski definition) is 4. The zero-order valence-electron chi connectivity index (χ0n) is 12.6. The van der Waals surface area contributed by atoms with Gasteiger partial charge in [0.05, 0.1) is 0 Å². The van der Waals surface area contributed by atoms with Crippen molar-refractivity contribution in [1.29, 1.82) is 0 Å². The van der Waals surface area contributed by atoms with E-state index in [1.165, 1.54) is 10.4 Å². The number of thiazole rings is 1. The number of hydrogen-bond donors (Lipinski definition) is 1. The maximum atomic E-state index is 5.78. The molecule has 1 aromatic carbocycles. The van der Waals surface area contributed by atoms with Gasteiger partial charge in [-0.3, -0.25) is 0 Å². The van der Waals surface area contributed by atoms with Gasteiger partial charge in [-0.05, 0) is 30.2 Å². The van der Waals surface area contributed by atoms with Gasteiger partial charge in [0, 0.05) is 17.6 Å². The van der Waals surface area contributed by atoms with Crippen LogP contribution in [0.3, 0.4) is 0 Å². The number of ether oxygens (including phenoxy) is 1. The van der Waals surface area contributed by atoms with Crippen LogP contribution in [0.4, 0.5) is 0 Å². The van der Waals surface area contributed by atoms with E-state index in [9.17, 15) is 0 Å². The number of nitrogens with one attached hydrogen (secondary N) is 1. The van der Waals surface area contributed by atoms with E-state index in [0.717, 1.165) is 17.3 Å². The van der Waals surface area contributed by atoms with Gasteiger partial charge in [0.15, 0.2) is 0 Å². The molecule has 0 unspecified atom stereocenters. The fourth-order valence-electron chi connectivity index (χ4n) is 1.87. The third-order valence-electron chi connectivity index (χ3n) is 3.04. The van der Waals surface area contributed by atoms with Gasteiger partial charge in [-0.15, -0.1) is 11.3 Å². The molecule has 0 spiro atoms. The molecule has 0 atom stereocenters. The predicted octanol–water partition coefficient (Wildman–Crippen LogP) is 3.74. The maximum absolute atomic E-state index is 5.78. The van der Waals surface area contributed by atoms with E-state index in [-0.39, 0.29) is 5.41 Å². The highest BCUT2D eigenvalue weighted by atomic mass is 32.1.